The highest BCUT2D eigenvalue weighted by Crippen LogP contribution is 2.35. The summed E-state index contributed by atoms with van der Waals surface area (Å²) >= 11 is 0. The van der Waals surface area contributed by atoms with Gasteiger partial charge in [-0.25, -0.2) is 4.79 Å². The number of esters is 1. The first kappa shape index (κ1) is 13.4. The van der Waals surface area contributed by atoms with Crippen LogP contribution in [0.4, 0.5) is 0 Å². The van der Waals surface area contributed by atoms with Crippen LogP contribution in [0.15, 0.2) is 12.2 Å². The topological polar surface area (TPSA) is 63.6 Å². The van der Waals surface area contributed by atoms with Crippen molar-refractivity contribution in [3.05, 3.63) is 12.2 Å². The van der Waals surface area contributed by atoms with Crippen LogP contribution in [0.5, 0.6) is 0 Å². The van der Waals surface area contributed by atoms with Crippen LogP contribution in [0.25, 0.3) is 0 Å². The first-order chi connectivity index (χ1) is 6.33. The fraction of sp³-hybridized carbons (Fsp3) is 0.667. The molecule has 0 aliphatic rings. The Morgan fingerprint density at radius 1 is 1.50 bits per heavy atom. The molecule has 0 radical (unpaired) electrons. The molecular formula is C9H17O4P. The van der Waals surface area contributed by atoms with E-state index in [0.717, 1.165) is 0 Å². The van der Waals surface area contributed by atoms with Crippen molar-refractivity contribution in [1.82, 2.24) is 0 Å². The van der Waals surface area contributed by atoms with Gasteiger partial charge >= 0.3 is 5.97 Å². The van der Waals surface area contributed by atoms with Crippen molar-refractivity contribution in [3.8, 4) is 0 Å². The van der Waals surface area contributed by atoms with Gasteiger partial charge in [0, 0.05) is 18.4 Å². The van der Waals surface area contributed by atoms with Gasteiger partial charge in [-0.3, -0.25) is 4.57 Å². The van der Waals surface area contributed by atoms with Crippen LogP contribution in [-0.4, -0.2) is 30.3 Å². The Bertz CT molecular complexity index is 254. The van der Waals surface area contributed by atoms with Gasteiger partial charge in [-0.15, -0.1) is 0 Å². The fourth-order valence-corrected chi connectivity index (χ4v) is 1.61. The van der Waals surface area contributed by atoms with E-state index in [2.05, 4.69) is 6.58 Å². The number of hydrogen-bond acceptors (Lipinski definition) is 3. The minimum Gasteiger partial charge on any atom is -0.462 e. The molecule has 1 atom stereocenters. The molecule has 0 amide bonds. The van der Waals surface area contributed by atoms with Crippen LogP contribution < -0.4 is 0 Å². The molecule has 0 rings (SSSR count). The molecule has 0 aliphatic carbocycles. The molecule has 0 saturated carbocycles. The van der Waals surface area contributed by atoms with Gasteiger partial charge in [-0.2, -0.15) is 0 Å². The van der Waals surface area contributed by atoms with Gasteiger partial charge in [-0.1, -0.05) is 6.58 Å². The van der Waals surface area contributed by atoms with Crippen molar-refractivity contribution in [2.75, 3.05) is 19.4 Å². The van der Waals surface area contributed by atoms with E-state index in [0.29, 0.717) is 18.4 Å². The molecule has 1 N–H and O–H groups in total. The molecule has 0 aliphatic heterocycles. The second-order valence-corrected chi connectivity index (χ2v) is 5.95. The number of unbranched alkanes of at least 4 members (excludes halogenated alkanes) is 1. The van der Waals surface area contributed by atoms with Gasteiger partial charge in [0.25, 0.3) is 0 Å². The van der Waals surface area contributed by atoms with Gasteiger partial charge in [0.2, 0.25) is 0 Å². The summed E-state index contributed by atoms with van der Waals surface area (Å²) in [4.78, 5) is 19.8. The molecule has 5 heteroatoms. The Balaban J connectivity index is 3.44. The summed E-state index contributed by atoms with van der Waals surface area (Å²) in [5.74, 6) is -0.409. The summed E-state index contributed by atoms with van der Waals surface area (Å²) < 4.78 is 15.7. The monoisotopic (exact) mass is 220 g/mol. The number of hydrogen-bond donors (Lipinski definition) is 1. The maximum absolute atomic E-state index is 10.9. The second-order valence-electron chi connectivity index (χ2n) is 3.40. The zero-order valence-electron chi connectivity index (χ0n) is 8.65. The highest BCUT2D eigenvalue weighted by molar-refractivity contribution is 7.57. The minimum absolute atomic E-state index is 0.275. The Hall–Kier alpha value is -0.600. The Morgan fingerprint density at radius 3 is 2.50 bits per heavy atom. The third-order valence-corrected chi connectivity index (χ3v) is 2.69. The van der Waals surface area contributed by atoms with Gasteiger partial charge in [0.1, 0.15) is 0 Å². The van der Waals surface area contributed by atoms with Gasteiger partial charge in [0.05, 0.1) is 6.61 Å². The lowest BCUT2D eigenvalue weighted by molar-refractivity contribution is -0.139. The van der Waals surface area contributed by atoms with Crippen molar-refractivity contribution in [2.24, 2.45) is 0 Å². The summed E-state index contributed by atoms with van der Waals surface area (Å²) in [5.41, 5.74) is 0.369. The molecule has 0 aromatic heterocycles. The quantitative estimate of drug-likeness (QED) is 0.321. The Kier molecular flexibility index (Phi) is 5.73. The van der Waals surface area contributed by atoms with Gasteiger partial charge < -0.3 is 9.63 Å². The number of carbonyl (C=O) groups is 1. The lowest BCUT2D eigenvalue weighted by Gasteiger charge is -2.05. The normalized spacial score (nSPS) is 14.5. The molecule has 4 nitrogen and oxygen atoms in total. The molecule has 0 aromatic carbocycles. The summed E-state index contributed by atoms with van der Waals surface area (Å²) in [7, 11) is -2.91. The first-order valence-electron chi connectivity index (χ1n) is 4.45. The zero-order valence-corrected chi connectivity index (χ0v) is 9.55. The van der Waals surface area contributed by atoms with Crippen molar-refractivity contribution >= 4 is 13.3 Å². The van der Waals surface area contributed by atoms with Crippen molar-refractivity contribution in [1.29, 1.82) is 0 Å². The predicted molar refractivity (Wildman–Crippen MR) is 55.6 cm³/mol. The van der Waals surface area contributed by atoms with Crippen LogP contribution >= 0.6 is 7.37 Å². The van der Waals surface area contributed by atoms with E-state index in [-0.39, 0.29) is 12.8 Å². The smallest absolute Gasteiger partial charge is 0.333 e. The lowest BCUT2D eigenvalue weighted by Crippen LogP contribution is -2.06. The largest absolute Gasteiger partial charge is 0.462 e. The van der Waals surface area contributed by atoms with Gasteiger partial charge in [0.15, 0.2) is 7.37 Å². The first-order valence-corrected chi connectivity index (χ1v) is 6.74. The zero-order chi connectivity index (χ0) is 11.2. The Morgan fingerprint density at radius 2 is 2.07 bits per heavy atom. The third-order valence-electron chi connectivity index (χ3n) is 1.55. The van der Waals surface area contributed by atoms with Crippen molar-refractivity contribution in [3.63, 3.8) is 0 Å². The summed E-state index contributed by atoms with van der Waals surface area (Å²) in [6.45, 7) is 6.62. The standard InChI is InChI=1S/C9H17O4P/c1-8(2)9(10)13-6-4-5-7-14(3,11)12/h1,4-7H2,2-3H3,(H,11,12). The maximum Gasteiger partial charge on any atom is 0.333 e. The average Bonchev–Trinajstić information content (AvgIpc) is 2.01. The molecule has 14 heavy (non-hydrogen) atoms. The van der Waals surface area contributed by atoms with Crippen LogP contribution in [0.1, 0.15) is 19.8 Å². The van der Waals surface area contributed by atoms with Crippen LogP contribution in [0, 0.1) is 0 Å². The van der Waals surface area contributed by atoms with E-state index >= 15 is 0 Å². The summed E-state index contributed by atoms with van der Waals surface area (Å²) in [6.07, 6.45) is 1.47. The number of ether oxygens (including phenoxy) is 1. The SMILES string of the molecule is C=C(C)C(=O)OCCCCP(C)(=O)O. The van der Waals surface area contributed by atoms with Crippen molar-refractivity contribution < 1.29 is 19.0 Å². The molecule has 0 fully saturated rings. The highest BCUT2D eigenvalue weighted by Gasteiger charge is 2.08. The third kappa shape index (κ3) is 8.02. The molecular weight excluding hydrogens is 203 g/mol. The lowest BCUT2D eigenvalue weighted by atomic mass is 10.3. The molecule has 82 valence electrons. The van der Waals surface area contributed by atoms with E-state index in [1.807, 2.05) is 0 Å². The van der Waals surface area contributed by atoms with Crippen LogP contribution in [0.3, 0.4) is 0 Å². The molecule has 0 saturated heterocycles. The second kappa shape index (κ2) is 5.99. The fourth-order valence-electron chi connectivity index (χ4n) is 0.795. The highest BCUT2D eigenvalue weighted by atomic mass is 31.2. The number of carbonyl (C=O) groups excluding carboxylic acids is 1. The molecule has 0 bridgehead atoms. The van der Waals surface area contributed by atoms with E-state index in [4.69, 9.17) is 9.63 Å². The van der Waals surface area contributed by atoms with E-state index < -0.39 is 13.3 Å². The van der Waals surface area contributed by atoms with E-state index in [9.17, 15) is 9.36 Å². The van der Waals surface area contributed by atoms with Crippen LogP contribution in [-0.2, 0) is 14.1 Å². The van der Waals surface area contributed by atoms with Crippen LogP contribution in [0.2, 0.25) is 0 Å². The van der Waals surface area contributed by atoms with Gasteiger partial charge in [-0.05, 0) is 19.8 Å². The number of rotatable bonds is 6. The summed E-state index contributed by atoms with van der Waals surface area (Å²) in [5, 5.41) is 0. The molecule has 0 spiro atoms. The average molecular weight is 220 g/mol. The molecule has 0 aromatic rings. The van der Waals surface area contributed by atoms with Crippen molar-refractivity contribution in [2.45, 2.75) is 19.8 Å². The minimum atomic E-state index is -2.91. The molecule has 1 unspecified atom stereocenters. The van der Waals surface area contributed by atoms with E-state index in [1.165, 1.54) is 6.66 Å². The maximum atomic E-state index is 10.9. The summed E-state index contributed by atoms with van der Waals surface area (Å²) in [6, 6.07) is 0. The molecule has 0 heterocycles. The predicted octanol–water partition coefficient (Wildman–Crippen LogP) is 1.79. The Labute approximate surface area is 84.4 Å². The van der Waals surface area contributed by atoms with E-state index in [1.54, 1.807) is 6.92 Å².